The fourth-order valence-corrected chi connectivity index (χ4v) is 2.16. The zero-order chi connectivity index (χ0) is 10.8. The normalized spacial score (nSPS) is 14.6. The van der Waals surface area contributed by atoms with Gasteiger partial charge in [-0.15, -0.1) is 6.42 Å². The van der Waals surface area contributed by atoms with Crippen molar-refractivity contribution in [3.05, 3.63) is 11.1 Å². The molecule has 1 aromatic rings. The predicted octanol–water partition coefficient (Wildman–Crippen LogP) is 1.44. The van der Waals surface area contributed by atoms with Crippen LogP contribution in [0.5, 0.6) is 0 Å². The molecule has 1 saturated carbocycles. The lowest BCUT2D eigenvalue weighted by molar-refractivity contribution is 0.0702. The fraction of sp³-hybridized carbons (Fsp3) is 0.400. The van der Waals surface area contributed by atoms with Crippen LogP contribution in [0.25, 0.3) is 0 Å². The summed E-state index contributed by atoms with van der Waals surface area (Å²) in [6.45, 7) is 0.497. The van der Waals surface area contributed by atoms with Crippen LogP contribution in [0, 0.1) is 12.3 Å². The second-order valence-electron chi connectivity index (χ2n) is 3.38. The lowest BCUT2D eigenvalue weighted by atomic mass is 10.5. The molecule has 5 heteroatoms. The van der Waals surface area contributed by atoms with Crippen LogP contribution >= 0.6 is 11.3 Å². The number of terminal acetylenes is 1. The van der Waals surface area contributed by atoms with Crippen molar-refractivity contribution in [3.63, 3.8) is 0 Å². The lowest BCUT2D eigenvalue weighted by Crippen LogP contribution is -2.25. The summed E-state index contributed by atoms with van der Waals surface area (Å²) in [6, 6.07) is 0.453. The van der Waals surface area contributed by atoms with Gasteiger partial charge in [0.1, 0.15) is 4.88 Å². The van der Waals surface area contributed by atoms with E-state index in [1.165, 1.54) is 17.5 Å². The molecule has 0 aromatic carbocycles. The first-order chi connectivity index (χ1) is 7.22. The Balaban J connectivity index is 2.18. The molecule has 0 atom stereocenters. The number of aromatic nitrogens is 1. The van der Waals surface area contributed by atoms with Crippen LogP contribution in [-0.2, 0) is 0 Å². The summed E-state index contributed by atoms with van der Waals surface area (Å²) in [7, 11) is 0. The van der Waals surface area contributed by atoms with E-state index in [0.29, 0.717) is 17.7 Å². The summed E-state index contributed by atoms with van der Waals surface area (Å²) in [5.74, 6) is 1.64. The number of carboxylic acids is 1. The summed E-state index contributed by atoms with van der Waals surface area (Å²) in [5.41, 5.74) is 0. The van der Waals surface area contributed by atoms with Gasteiger partial charge >= 0.3 is 5.97 Å². The molecular weight excluding hydrogens is 212 g/mol. The molecule has 0 spiro atoms. The maximum absolute atomic E-state index is 10.7. The Kier molecular flexibility index (Phi) is 2.60. The largest absolute Gasteiger partial charge is 0.477 e. The summed E-state index contributed by atoms with van der Waals surface area (Å²) < 4.78 is 0. The Morgan fingerprint density at radius 3 is 3.00 bits per heavy atom. The highest BCUT2D eigenvalue weighted by atomic mass is 32.1. The minimum absolute atomic E-state index is 0.257. The topological polar surface area (TPSA) is 53.4 Å². The first kappa shape index (κ1) is 9.99. The second-order valence-corrected chi connectivity index (χ2v) is 4.38. The number of hydrogen-bond acceptors (Lipinski definition) is 4. The van der Waals surface area contributed by atoms with E-state index in [0.717, 1.165) is 12.8 Å². The van der Waals surface area contributed by atoms with Crippen molar-refractivity contribution in [2.24, 2.45) is 0 Å². The number of carboxylic acid groups (broad SMARTS) is 1. The maximum atomic E-state index is 10.7. The molecule has 78 valence electrons. The third-order valence-corrected chi connectivity index (χ3v) is 3.22. The summed E-state index contributed by atoms with van der Waals surface area (Å²) in [4.78, 5) is 17.0. The monoisotopic (exact) mass is 222 g/mol. The summed E-state index contributed by atoms with van der Waals surface area (Å²) in [6.07, 6.45) is 8.88. The zero-order valence-electron chi connectivity index (χ0n) is 8.01. The number of hydrogen-bond donors (Lipinski definition) is 1. The highest BCUT2D eigenvalue weighted by molar-refractivity contribution is 7.17. The molecule has 1 aliphatic carbocycles. The van der Waals surface area contributed by atoms with Crippen LogP contribution in [0.15, 0.2) is 6.20 Å². The third kappa shape index (κ3) is 2.10. The third-order valence-electron chi connectivity index (χ3n) is 2.20. The van der Waals surface area contributed by atoms with E-state index in [2.05, 4.69) is 10.9 Å². The molecular formula is C10H10N2O2S. The summed E-state index contributed by atoms with van der Waals surface area (Å²) >= 11 is 1.18. The molecule has 2 rings (SSSR count). The molecule has 0 saturated heterocycles. The van der Waals surface area contributed by atoms with E-state index in [-0.39, 0.29) is 4.88 Å². The van der Waals surface area contributed by atoms with Gasteiger partial charge in [-0.1, -0.05) is 17.3 Å². The van der Waals surface area contributed by atoms with E-state index < -0.39 is 5.97 Å². The average molecular weight is 222 g/mol. The summed E-state index contributed by atoms with van der Waals surface area (Å²) in [5, 5.41) is 9.49. The minimum atomic E-state index is -0.935. The molecule has 1 aliphatic rings. The Hall–Kier alpha value is -1.54. The maximum Gasteiger partial charge on any atom is 0.347 e. The zero-order valence-corrected chi connectivity index (χ0v) is 8.83. The smallest absolute Gasteiger partial charge is 0.347 e. The Morgan fingerprint density at radius 1 is 1.80 bits per heavy atom. The van der Waals surface area contributed by atoms with Gasteiger partial charge in [0.05, 0.1) is 12.7 Å². The Labute approximate surface area is 91.6 Å². The molecule has 0 bridgehead atoms. The predicted molar refractivity (Wildman–Crippen MR) is 58.3 cm³/mol. The standard InChI is InChI=1S/C10H10N2O2S/c1-2-5-12(7-3-4-7)10-11-6-8(15-10)9(13)14/h1,6-7H,3-5H2,(H,13,14). The number of carbonyl (C=O) groups is 1. The molecule has 0 aliphatic heterocycles. The van der Waals surface area contributed by atoms with Gasteiger partial charge in [-0.05, 0) is 12.8 Å². The Bertz CT molecular complexity index is 417. The SMILES string of the molecule is C#CCN(c1ncc(C(=O)O)s1)C1CC1. The number of thiazole rings is 1. The first-order valence-electron chi connectivity index (χ1n) is 4.61. The molecule has 1 aromatic heterocycles. The molecule has 1 fully saturated rings. The van der Waals surface area contributed by atoms with Gasteiger partial charge < -0.3 is 10.0 Å². The quantitative estimate of drug-likeness (QED) is 0.783. The van der Waals surface area contributed by atoms with E-state index >= 15 is 0 Å². The van der Waals surface area contributed by atoms with Crippen LogP contribution < -0.4 is 4.90 Å². The average Bonchev–Trinajstić information content (AvgIpc) is 2.91. The Morgan fingerprint density at radius 2 is 2.53 bits per heavy atom. The van der Waals surface area contributed by atoms with Gasteiger partial charge in [-0.3, -0.25) is 0 Å². The van der Waals surface area contributed by atoms with Crippen LogP contribution in [0.3, 0.4) is 0 Å². The number of anilines is 1. The van der Waals surface area contributed by atoms with Crippen LogP contribution in [0.2, 0.25) is 0 Å². The van der Waals surface area contributed by atoms with Crippen LogP contribution in [0.1, 0.15) is 22.5 Å². The van der Waals surface area contributed by atoms with Gasteiger partial charge in [-0.25, -0.2) is 9.78 Å². The fourth-order valence-electron chi connectivity index (χ4n) is 1.33. The van der Waals surface area contributed by atoms with Crippen molar-refractivity contribution in [1.29, 1.82) is 0 Å². The van der Waals surface area contributed by atoms with Crippen molar-refractivity contribution >= 4 is 22.4 Å². The number of rotatable bonds is 4. The minimum Gasteiger partial charge on any atom is -0.477 e. The van der Waals surface area contributed by atoms with Crippen molar-refractivity contribution in [2.45, 2.75) is 18.9 Å². The number of aromatic carboxylic acids is 1. The lowest BCUT2D eigenvalue weighted by Gasteiger charge is -2.17. The van der Waals surface area contributed by atoms with E-state index in [9.17, 15) is 4.79 Å². The second kappa shape index (κ2) is 3.91. The van der Waals surface area contributed by atoms with E-state index in [4.69, 9.17) is 11.5 Å². The molecule has 0 radical (unpaired) electrons. The molecule has 0 unspecified atom stereocenters. The van der Waals surface area contributed by atoms with Crippen molar-refractivity contribution in [3.8, 4) is 12.3 Å². The van der Waals surface area contributed by atoms with Crippen molar-refractivity contribution in [1.82, 2.24) is 4.98 Å². The molecule has 0 amide bonds. The van der Waals surface area contributed by atoms with Gasteiger partial charge in [0.25, 0.3) is 0 Å². The van der Waals surface area contributed by atoms with E-state index in [1.807, 2.05) is 4.90 Å². The van der Waals surface area contributed by atoms with Crippen LogP contribution in [-0.4, -0.2) is 28.6 Å². The molecule has 15 heavy (non-hydrogen) atoms. The van der Waals surface area contributed by atoms with Crippen LogP contribution in [0.4, 0.5) is 5.13 Å². The highest BCUT2D eigenvalue weighted by Crippen LogP contribution is 2.33. The van der Waals surface area contributed by atoms with Gasteiger partial charge in [-0.2, -0.15) is 0 Å². The number of nitrogens with zero attached hydrogens (tertiary/aromatic N) is 2. The van der Waals surface area contributed by atoms with E-state index in [1.54, 1.807) is 0 Å². The molecule has 4 nitrogen and oxygen atoms in total. The van der Waals surface area contributed by atoms with Gasteiger partial charge in [0.15, 0.2) is 5.13 Å². The van der Waals surface area contributed by atoms with Crippen molar-refractivity contribution < 1.29 is 9.90 Å². The first-order valence-corrected chi connectivity index (χ1v) is 5.43. The van der Waals surface area contributed by atoms with Gasteiger partial charge in [0, 0.05) is 6.04 Å². The highest BCUT2D eigenvalue weighted by Gasteiger charge is 2.30. The molecule has 1 heterocycles. The van der Waals surface area contributed by atoms with Gasteiger partial charge in [0.2, 0.25) is 0 Å². The van der Waals surface area contributed by atoms with Crippen molar-refractivity contribution in [2.75, 3.05) is 11.4 Å². The molecule has 1 N–H and O–H groups in total.